The molecule has 0 radical (unpaired) electrons. The minimum absolute atomic E-state index is 0.0853. The van der Waals surface area contributed by atoms with Gasteiger partial charge in [-0.15, -0.1) is 0 Å². The van der Waals surface area contributed by atoms with Crippen LogP contribution in [0.25, 0.3) is 10.9 Å². The number of para-hydroxylation sites is 1. The second-order valence-corrected chi connectivity index (χ2v) is 7.75. The molecule has 2 heterocycles. The highest BCUT2D eigenvalue weighted by Gasteiger charge is 2.23. The third kappa shape index (κ3) is 4.82. The summed E-state index contributed by atoms with van der Waals surface area (Å²) in [7, 11) is 0. The summed E-state index contributed by atoms with van der Waals surface area (Å²) in [6, 6.07) is 17.5. The predicted octanol–water partition coefficient (Wildman–Crippen LogP) is 5.24. The van der Waals surface area contributed by atoms with E-state index in [1.165, 1.54) is 5.69 Å². The van der Waals surface area contributed by atoms with Crippen molar-refractivity contribution in [3.05, 3.63) is 60.8 Å². The highest BCUT2D eigenvalue weighted by Crippen LogP contribution is 2.28. The zero-order valence-electron chi connectivity index (χ0n) is 17.4. The second kappa shape index (κ2) is 9.03. The molecule has 0 spiro atoms. The van der Waals surface area contributed by atoms with E-state index in [-0.39, 0.29) is 12.2 Å². The monoisotopic (exact) mass is 405 g/mol. The van der Waals surface area contributed by atoms with E-state index < -0.39 is 6.09 Å². The van der Waals surface area contributed by atoms with Gasteiger partial charge in [-0.3, -0.25) is 10.3 Å². The molecule has 1 amide bonds. The van der Waals surface area contributed by atoms with Crippen LogP contribution in [-0.2, 0) is 4.74 Å². The average molecular weight is 405 g/mol. The number of aromatic nitrogens is 1. The number of piperidine rings is 1. The number of hydrogen-bond acceptors (Lipinski definition) is 5. The van der Waals surface area contributed by atoms with Gasteiger partial charge in [0, 0.05) is 48.9 Å². The van der Waals surface area contributed by atoms with Gasteiger partial charge in [-0.25, -0.2) is 4.79 Å². The highest BCUT2D eigenvalue weighted by molar-refractivity contribution is 5.91. The smallest absolute Gasteiger partial charge is 0.411 e. The Morgan fingerprint density at radius 2 is 1.80 bits per heavy atom. The van der Waals surface area contributed by atoms with Crippen LogP contribution in [0.2, 0.25) is 0 Å². The fourth-order valence-corrected chi connectivity index (χ4v) is 3.76. The number of nitrogens with zero attached hydrogens (tertiary/aromatic N) is 2. The summed E-state index contributed by atoms with van der Waals surface area (Å²) in [6.07, 6.45) is 3.06. The Labute approximate surface area is 176 Å². The van der Waals surface area contributed by atoms with Gasteiger partial charge in [-0.2, -0.15) is 0 Å². The summed E-state index contributed by atoms with van der Waals surface area (Å²) >= 11 is 0. The summed E-state index contributed by atoms with van der Waals surface area (Å²) in [4.78, 5) is 19.1. The Kier molecular flexibility index (Phi) is 6.02. The molecule has 1 N–H and O–H groups in total. The summed E-state index contributed by atoms with van der Waals surface area (Å²) in [6.45, 7) is 5.64. The molecule has 1 fully saturated rings. The molecule has 1 aliphatic rings. The Balaban J connectivity index is 1.30. The summed E-state index contributed by atoms with van der Waals surface area (Å²) < 4.78 is 11.3. The van der Waals surface area contributed by atoms with Gasteiger partial charge in [0.05, 0.1) is 11.6 Å². The molecule has 2 aromatic carbocycles. The van der Waals surface area contributed by atoms with Gasteiger partial charge in [0.2, 0.25) is 0 Å². The topological polar surface area (TPSA) is 63.7 Å². The first-order valence-electron chi connectivity index (χ1n) is 10.4. The van der Waals surface area contributed by atoms with E-state index >= 15 is 0 Å². The molecule has 6 nitrogen and oxygen atoms in total. The van der Waals surface area contributed by atoms with Crippen LogP contribution in [0.4, 0.5) is 16.2 Å². The number of anilines is 2. The lowest BCUT2D eigenvalue weighted by atomic mass is 10.1. The summed E-state index contributed by atoms with van der Waals surface area (Å²) in [5, 5.41) is 3.95. The Hall–Kier alpha value is -3.28. The standard InChI is InChI=1S/C24H27N3O3/c1-17(2)29-19-9-7-18(8-10-19)26-24(28)30-20-12-15-27(16-13-20)23-11-14-25-22-6-4-3-5-21(22)23/h3-11,14,17,20H,12-13,15-16H2,1-2H3,(H,26,28). The Bertz CT molecular complexity index is 991. The van der Waals surface area contributed by atoms with Crippen molar-refractivity contribution < 1.29 is 14.3 Å². The third-order valence-corrected chi connectivity index (χ3v) is 5.15. The van der Waals surface area contributed by atoms with Crippen molar-refractivity contribution in [1.82, 2.24) is 4.98 Å². The van der Waals surface area contributed by atoms with Crippen LogP contribution in [0.15, 0.2) is 60.8 Å². The minimum Gasteiger partial charge on any atom is -0.491 e. The van der Waals surface area contributed by atoms with Gasteiger partial charge in [0.25, 0.3) is 0 Å². The fraction of sp³-hybridized carbons (Fsp3) is 0.333. The number of benzene rings is 2. The minimum atomic E-state index is -0.416. The van der Waals surface area contributed by atoms with E-state index in [9.17, 15) is 4.79 Å². The molecular weight excluding hydrogens is 378 g/mol. The predicted molar refractivity (Wildman–Crippen MR) is 119 cm³/mol. The van der Waals surface area contributed by atoms with Gasteiger partial charge in [-0.1, -0.05) is 18.2 Å². The molecular formula is C24H27N3O3. The molecule has 0 unspecified atom stereocenters. The lowest BCUT2D eigenvalue weighted by Crippen LogP contribution is -2.38. The van der Waals surface area contributed by atoms with Crippen LogP contribution in [0.1, 0.15) is 26.7 Å². The molecule has 6 heteroatoms. The maximum Gasteiger partial charge on any atom is 0.411 e. The number of fused-ring (bicyclic) bond motifs is 1. The fourth-order valence-electron chi connectivity index (χ4n) is 3.76. The van der Waals surface area contributed by atoms with E-state index in [1.807, 2.05) is 62.5 Å². The first-order valence-corrected chi connectivity index (χ1v) is 10.4. The zero-order chi connectivity index (χ0) is 20.9. The van der Waals surface area contributed by atoms with Crippen molar-refractivity contribution in [3.63, 3.8) is 0 Å². The van der Waals surface area contributed by atoms with E-state index in [0.29, 0.717) is 5.69 Å². The molecule has 1 aromatic heterocycles. The number of amides is 1. The first-order chi connectivity index (χ1) is 14.6. The molecule has 0 saturated carbocycles. The largest absolute Gasteiger partial charge is 0.491 e. The van der Waals surface area contributed by atoms with Crippen LogP contribution >= 0.6 is 0 Å². The molecule has 0 atom stereocenters. The second-order valence-electron chi connectivity index (χ2n) is 7.75. The van der Waals surface area contributed by atoms with Crippen LogP contribution in [-0.4, -0.2) is 36.4 Å². The van der Waals surface area contributed by atoms with Crippen molar-refractivity contribution in [1.29, 1.82) is 0 Å². The number of nitrogens with one attached hydrogen (secondary N) is 1. The van der Waals surface area contributed by atoms with Crippen LogP contribution in [0, 0.1) is 0 Å². The maximum atomic E-state index is 12.3. The van der Waals surface area contributed by atoms with Crippen LogP contribution in [0.3, 0.4) is 0 Å². The molecule has 0 aliphatic carbocycles. The Morgan fingerprint density at radius 3 is 2.53 bits per heavy atom. The van der Waals surface area contributed by atoms with Crippen molar-refractivity contribution in [2.75, 3.05) is 23.3 Å². The van der Waals surface area contributed by atoms with E-state index in [1.54, 1.807) is 0 Å². The lowest BCUT2D eigenvalue weighted by molar-refractivity contribution is 0.0951. The van der Waals surface area contributed by atoms with Gasteiger partial charge in [0.15, 0.2) is 0 Å². The maximum absolute atomic E-state index is 12.3. The van der Waals surface area contributed by atoms with Gasteiger partial charge < -0.3 is 14.4 Å². The summed E-state index contributed by atoms with van der Waals surface area (Å²) in [5.41, 5.74) is 2.88. The Morgan fingerprint density at radius 1 is 1.07 bits per heavy atom. The number of carbonyl (C=O) groups excluding carboxylic acids is 1. The van der Waals surface area contributed by atoms with Gasteiger partial charge in [0.1, 0.15) is 11.9 Å². The van der Waals surface area contributed by atoms with Crippen molar-refractivity contribution in [2.45, 2.75) is 38.9 Å². The number of ether oxygens (including phenoxy) is 2. The molecule has 156 valence electrons. The third-order valence-electron chi connectivity index (χ3n) is 5.15. The number of rotatable bonds is 5. The number of carbonyl (C=O) groups is 1. The van der Waals surface area contributed by atoms with Crippen LogP contribution < -0.4 is 15.0 Å². The number of pyridine rings is 1. The van der Waals surface area contributed by atoms with E-state index in [0.717, 1.165) is 42.6 Å². The molecule has 30 heavy (non-hydrogen) atoms. The molecule has 1 aliphatic heterocycles. The first kappa shape index (κ1) is 20.0. The van der Waals surface area contributed by atoms with Gasteiger partial charge >= 0.3 is 6.09 Å². The van der Waals surface area contributed by atoms with Crippen molar-refractivity contribution in [2.24, 2.45) is 0 Å². The van der Waals surface area contributed by atoms with Crippen molar-refractivity contribution >= 4 is 28.4 Å². The molecule has 0 bridgehead atoms. The van der Waals surface area contributed by atoms with E-state index in [2.05, 4.69) is 27.3 Å². The number of hydrogen-bond donors (Lipinski definition) is 1. The highest BCUT2D eigenvalue weighted by atomic mass is 16.6. The lowest BCUT2D eigenvalue weighted by Gasteiger charge is -2.33. The average Bonchev–Trinajstić information content (AvgIpc) is 2.75. The summed E-state index contributed by atoms with van der Waals surface area (Å²) in [5.74, 6) is 0.778. The van der Waals surface area contributed by atoms with Crippen LogP contribution in [0.5, 0.6) is 5.75 Å². The van der Waals surface area contributed by atoms with E-state index in [4.69, 9.17) is 9.47 Å². The quantitative estimate of drug-likeness (QED) is 0.629. The molecule has 4 rings (SSSR count). The molecule has 1 saturated heterocycles. The zero-order valence-corrected chi connectivity index (χ0v) is 17.4. The van der Waals surface area contributed by atoms with Crippen molar-refractivity contribution in [3.8, 4) is 5.75 Å². The van der Waals surface area contributed by atoms with Gasteiger partial charge in [-0.05, 0) is 50.2 Å². The normalized spacial score (nSPS) is 14.7. The molecule has 3 aromatic rings. The SMILES string of the molecule is CC(C)Oc1ccc(NC(=O)OC2CCN(c3ccnc4ccccc34)CC2)cc1.